The number of nitrogens with one attached hydrogen (secondary N) is 1. The van der Waals surface area contributed by atoms with Gasteiger partial charge in [0.1, 0.15) is 0 Å². The zero-order valence-electron chi connectivity index (χ0n) is 12.4. The summed E-state index contributed by atoms with van der Waals surface area (Å²) in [5.74, 6) is 0. The smallest absolute Gasteiger partial charge is 0.0971 e. The van der Waals surface area contributed by atoms with Gasteiger partial charge in [-0.15, -0.1) is 0 Å². The van der Waals surface area contributed by atoms with Crippen LogP contribution >= 0.6 is 0 Å². The monoisotopic (exact) mass is 272 g/mol. The predicted octanol–water partition coefficient (Wildman–Crippen LogP) is 0.225. The number of hydrogen-bond acceptors (Lipinski definition) is 5. The van der Waals surface area contributed by atoms with Crippen LogP contribution in [0, 0.1) is 0 Å². The van der Waals surface area contributed by atoms with Crippen LogP contribution in [0.3, 0.4) is 0 Å². The number of aliphatic hydroxyl groups is 1. The molecule has 1 aliphatic carbocycles. The summed E-state index contributed by atoms with van der Waals surface area (Å²) >= 11 is 0. The molecule has 0 amide bonds. The molecule has 0 bridgehead atoms. The van der Waals surface area contributed by atoms with E-state index in [9.17, 15) is 5.11 Å². The summed E-state index contributed by atoms with van der Waals surface area (Å²) in [6.07, 6.45) is 3.56. The summed E-state index contributed by atoms with van der Waals surface area (Å²) in [7, 11) is 3.51. The molecule has 0 radical (unpaired) electrons. The number of likely N-dealkylation sites (N-methyl/N-ethyl adjacent to an activating group) is 1. The highest BCUT2D eigenvalue weighted by atomic mass is 16.5. The van der Waals surface area contributed by atoms with E-state index in [1.807, 2.05) is 0 Å². The van der Waals surface area contributed by atoms with Gasteiger partial charge in [0, 0.05) is 38.9 Å². The van der Waals surface area contributed by atoms with Crippen LogP contribution in [-0.4, -0.2) is 74.3 Å². The SMILES string of the molecule is CCNC1(CO)CCC(N2CC(OC)C(OC)C2)C1. The number of nitrogens with zero attached hydrogens (tertiary/aromatic N) is 1. The molecule has 0 aromatic carbocycles. The van der Waals surface area contributed by atoms with E-state index in [-0.39, 0.29) is 24.4 Å². The Hall–Kier alpha value is -0.200. The molecule has 1 heterocycles. The van der Waals surface area contributed by atoms with E-state index in [4.69, 9.17) is 9.47 Å². The molecular formula is C14H28N2O3. The summed E-state index contributed by atoms with van der Waals surface area (Å²) in [6.45, 7) is 5.12. The number of likely N-dealkylation sites (tertiary alicyclic amines) is 1. The van der Waals surface area contributed by atoms with E-state index >= 15 is 0 Å². The van der Waals surface area contributed by atoms with Gasteiger partial charge in [0.05, 0.1) is 18.8 Å². The molecule has 5 nitrogen and oxygen atoms in total. The quantitative estimate of drug-likeness (QED) is 0.725. The second-order valence-corrected chi connectivity index (χ2v) is 5.87. The molecule has 1 aliphatic heterocycles. The van der Waals surface area contributed by atoms with E-state index in [0.29, 0.717) is 6.04 Å². The van der Waals surface area contributed by atoms with Gasteiger partial charge in [0.2, 0.25) is 0 Å². The first-order valence-corrected chi connectivity index (χ1v) is 7.33. The van der Waals surface area contributed by atoms with E-state index in [1.165, 1.54) is 0 Å². The Kier molecular flexibility index (Phi) is 5.20. The molecule has 0 aromatic rings. The minimum absolute atomic E-state index is 0.0762. The third kappa shape index (κ3) is 3.11. The van der Waals surface area contributed by atoms with Crippen molar-refractivity contribution in [2.45, 2.75) is 50.0 Å². The minimum atomic E-state index is -0.0762. The van der Waals surface area contributed by atoms with Crippen LogP contribution in [0.15, 0.2) is 0 Å². The third-order valence-corrected chi connectivity index (χ3v) is 4.80. The maximum Gasteiger partial charge on any atom is 0.0971 e. The van der Waals surface area contributed by atoms with E-state index < -0.39 is 0 Å². The maximum absolute atomic E-state index is 9.67. The molecule has 2 aliphatic rings. The molecule has 1 saturated heterocycles. The van der Waals surface area contributed by atoms with Crippen LogP contribution in [-0.2, 0) is 9.47 Å². The summed E-state index contributed by atoms with van der Waals surface area (Å²) < 4.78 is 11.0. The van der Waals surface area contributed by atoms with Crippen LogP contribution in [0.25, 0.3) is 0 Å². The lowest BCUT2D eigenvalue weighted by Gasteiger charge is -2.30. The normalized spacial score (nSPS) is 40.1. The van der Waals surface area contributed by atoms with Crippen molar-refractivity contribution in [1.29, 1.82) is 0 Å². The number of hydrogen-bond donors (Lipinski definition) is 2. The van der Waals surface area contributed by atoms with Crippen molar-refractivity contribution in [3.8, 4) is 0 Å². The van der Waals surface area contributed by atoms with E-state index in [1.54, 1.807) is 14.2 Å². The number of methoxy groups -OCH3 is 2. The molecule has 4 unspecified atom stereocenters. The predicted molar refractivity (Wildman–Crippen MR) is 74.3 cm³/mol. The van der Waals surface area contributed by atoms with Crippen molar-refractivity contribution < 1.29 is 14.6 Å². The lowest BCUT2D eigenvalue weighted by Crippen LogP contribution is -2.47. The summed E-state index contributed by atoms with van der Waals surface area (Å²) in [6, 6.07) is 0.531. The van der Waals surface area contributed by atoms with Crippen molar-refractivity contribution in [2.75, 3.05) is 40.5 Å². The molecule has 5 heteroatoms. The first-order chi connectivity index (χ1) is 9.18. The molecule has 2 fully saturated rings. The summed E-state index contributed by atoms with van der Waals surface area (Å²) in [5, 5.41) is 13.1. The Morgan fingerprint density at radius 1 is 1.26 bits per heavy atom. The third-order valence-electron chi connectivity index (χ3n) is 4.80. The zero-order chi connectivity index (χ0) is 13.9. The van der Waals surface area contributed by atoms with Gasteiger partial charge in [-0.05, 0) is 25.8 Å². The Balaban J connectivity index is 1.94. The van der Waals surface area contributed by atoms with Gasteiger partial charge in [-0.3, -0.25) is 4.90 Å². The van der Waals surface area contributed by atoms with Crippen molar-refractivity contribution in [3.63, 3.8) is 0 Å². The Morgan fingerprint density at radius 3 is 2.37 bits per heavy atom. The minimum Gasteiger partial charge on any atom is -0.394 e. The van der Waals surface area contributed by atoms with E-state index in [2.05, 4.69) is 17.1 Å². The molecule has 19 heavy (non-hydrogen) atoms. The molecule has 2 N–H and O–H groups in total. The molecule has 2 rings (SSSR count). The van der Waals surface area contributed by atoms with Gasteiger partial charge in [0.25, 0.3) is 0 Å². The van der Waals surface area contributed by atoms with Gasteiger partial charge in [-0.2, -0.15) is 0 Å². The Morgan fingerprint density at radius 2 is 1.89 bits per heavy atom. The van der Waals surface area contributed by atoms with Crippen LogP contribution in [0.2, 0.25) is 0 Å². The Bertz CT molecular complexity index is 278. The number of rotatable bonds is 6. The highest BCUT2D eigenvalue weighted by Crippen LogP contribution is 2.35. The fourth-order valence-electron chi connectivity index (χ4n) is 3.67. The van der Waals surface area contributed by atoms with Gasteiger partial charge >= 0.3 is 0 Å². The Labute approximate surface area is 116 Å². The second kappa shape index (κ2) is 6.50. The summed E-state index contributed by atoms with van der Waals surface area (Å²) in [5.41, 5.74) is -0.0762. The number of ether oxygens (including phenoxy) is 2. The van der Waals surface area contributed by atoms with Crippen molar-refractivity contribution in [3.05, 3.63) is 0 Å². The van der Waals surface area contributed by atoms with Crippen molar-refractivity contribution >= 4 is 0 Å². The lowest BCUT2D eigenvalue weighted by atomic mass is 9.98. The van der Waals surface area contributed by atoms with Gasteiger partial charge < -0.3 is 19.9 Å². The second-order valence-electron chi connectivity index (χ2n) is 5.87. The highest BCUT2D eigenvalue weighted by Gasteiger charge is 2.44. The highest BCUT2D eigenvalue weighted by molar-refractivity contribution is 5.01. The fraction of sp³-hybridized carbons (Fsp3) is 1.00. The van der Waals surface area contributed by atoms with Crippen LogP contribution in [0.4, 0.5) is 0 Å². The van der Waals surface area contributed by atoms with Crippen LogP contribution in [0.5, 0.6) is 0 Å². The molecule has 0 spiro atoms. The zero-order valence-corrected chi connectivity index (χ0v) is 12.4. The molecule has 0 aromatic heterocycles. The molecular weight excluding hydrogens is 244 g/mol. The molecule has 112 valence electrons. The largest absolute Gasteiger partial charge is 0.394 e. The van der Waals surface area contributed by atoms with E-state index in [0.717, 1.165) is 38.9 Å². The summed E-state index contributed by atoms with van der Waals surface area (Å²) in [4.78, 5) is 2.47. The molecule has 1 saturated carbocycles. The molecule has 4 atom stereocenters. The lowest BCUT2D eigenvalue weighted by molar-refractivity contribution is -0.00461. The average Bonchev–Trinajstić information content (AvgIpc) is 3.03. The first-order valence-electron chi connectivity index (χ1n) is 7.33. The fourth-order valence-corrected chi connectivity index (χ4v) is 3.67. The van der Waals surface area contributed by atoms with Crippen LogP contribution in [0.1, 0.15) is 26.2 Å². The topological polar surface area (TPSA) is 54.0 Å². The van der Waals surface area contributed by atoms with Gasteiger partial charge in [-0.1, -0.05) is 6.92 Å². The first kappa shape index (κ1) is 15.2. The number of aliphatic hydroxyl groups excluding tert-OH is 1. The maximum atomic E-state index is 9.67. The average molecular weight is 272 g/mol. The van der Waals surface area contributed by atoms with Crippen molar-refractivity contribution in [1.82, 2.24) is 10.2 Å². The van der Waals surface area contributed by atoms with Crippen LogP contribution < -0.4 is 5.32 Å². The van der Waals surface area contributed by atoms with Gasteiger partial charge in [-0.25, -0.2) is 0 Å². The van der Waals surface area contributed by atoms with Gasteiger partial charge in [0.15, 0.2) is 0 Å². The van der Waals surface area contributed by atoms with Crippen molar-refractivity contribution in [2.24, 2.45) is 0 Å². The standard InChI is InChI=1S/C14H28N2O3/c1-4-15-14(10-17)6-5-11(7-14)16-8-12(18-2)13(9-16)19-3/h11-13,15,17H,4-10H2,1-3H3.